The third-order valence-corrected chi connectivity index (χ3v) is 2.24. The van der Waals surface area contributed by atoms with Crippen molar-refractivity contribution in [1.82, 2.24) is 0 Å². The molecule has 0 fully saturated rings. The van der Waals surface area contributed by atoms with E-state index >= 15 is 0 Å². The summed E-state index contributed by atoms with van der Waals surface area (Å²) in [5, 5.41) is 3.11. The molecule has 3 heteroatoms. The molecular formula is C14H21NO2. The molecular weight excluding hydrogens is 214 g/mol. The van der Waals surface area contributed by atoms with Crippen LogP contribution in [0.2, 0.25) is 0 Å². The number of hydrogen-bond donors (Lipinski definition) is 1. The molecule has 0 aliphatic heterocycles. The van der Waals surface area contributed by atoms with E-state index in [1.165, 1.54) is 5.56 Å². The van der Waals surface area contributed by atoms with E-state index in [2.05, 4.69) is 18.3 Å². The molecule has 0 bridgehead atoms. The first kappa shape index (κ1) is 13.6. The fraction of sp³-hybridized carbons (Fsp3) is 0.500. The van der Waals surface area contributed by atoms with Gasteiger partial charge >= 0.3 is 5.97 Å². The molecule has 0 aliphatic rings. The predicted octanol–water partition coefficient (Wildman–Crippen LogP) is 3.00. The minimum Gasteiger partial charge on any atom is -0.459 e. The second kappa shape index (κ2) is 5.71. The van der Waals surface area contributed by atoms with Gasteiger partial charge in [0.25, 0.3) is 0 Å². The van der Waals surface area contributed by atoms with E-state index < -0.39 is 5.60 Å². The summed E-state index contributed by atoms with van der Waals surface area (Å²) in [7, 11) is 0. The van der Waals surface area contributed by atoms with Gasteiger partial charge in [0.15, 0.2) is 0 Å². The van der Waals surface area contributed by atoms with Gasteiger partial charge in [-0.15, -0.1) is 0 Å². The number of rotatable bonds is 4. The van der Waals surface area contributed by atoms with Gasteiger partial charge < -0.3 is 10.1 Å². The summed E-state index contributed by atoms with van der Waals surface area (Å²) in [6.07, 6.45) is 0.942. The van der Waals surface area contributed by atoms with E-state index in [-0.39, 0.29) is 12.5 Å². The van der Waals surface area contributed by atoms with Crippen molar-refractivity contribution in [3.05, 3.63) is 29.8 Å². The van der Waals surface area contributed by atoms with Crippen molar-refractivity contribution in [3.63, 3.8) is 0 Å². The van der Waals surface area contributed by atoms with Crippen LogP contribution in [0, 0.1) is 0 Å². The van der Waals surface area contributed by atoms with E-state index in [0.29, 0.717) is 0 Å². The SMILES string of the molecule is CCc1ccccc1NCC(=O)OC(C)(C)C. The van der Waals surface area contributed by atoms with Gasteiger partial charge in [-0.3, -0.25) is 4.79 Å². The average Bonchev–Trinajstić information content (AvgIpc) is 2.24. The summed E-state index contributed by atoms with van der Waals surface area (Å²) in [6.45, 7) is 7.89. The predicted molar refractivity (Wildman–Crippen MR) is 70.2 cm³/mol. The van der Waals surface area contributed by atoms with E-state index in [4.69, 9.17) is 4.74 Å². The molecule has 0 aliphatic carbocycles. The van der Waals surface area contributed by atoms with Crippen molar-refractivity contribution in [2.45, 2.75) is 39.7 Å². The second-order valence-electron chi connectivity index (χ2n) is 4.95. The molecule has 1 aromatic carbocycles. The van der Waals surface area contributed by atoms with Crippen molar-refractivity contribution >= 4 is 11.7 Å². The lowest BCUT2D eigenvalue weighted by atomic mass is 10.1. The Balaban J connectivity index is 2.53. The maximum atomic E-state index is 11.5. The minimum atomic E-state index is -0.428. The number of para-hydroxylation sites is 1. The first-order valence-corrected chi connectivity index (χ1v) is 5.96. The molecule has 3 nitrogen and oxygen atoms in total. The molecule has 0 aromatic heterocycles. The third-order valence-electron chi connectivity index (χ3n) is 2.24. The fourth-order valence-electron chi connectivity index (χ4n) is 1.55. The van der Waals surface area contributed by atoms with Gasteiger partial charge in [0.2, 0.25) is 0 Å². The summed E-state index contributed by atoms with van der Waals surface area (Å²) in [6, 6.07) is 7.98. The number of ether oxygens (including phenoxy) is 1. The average molecular weight is 235 g/mol. The van der Waals surface area contributed by atoms with Crippen LogP contribution in [0.3, 0.4) is 0 Å². The van der Waals surface area contributed by atoms with Gasteiger partial charge in [-0.05, 0) is 38.8 Å². The zero-order valence-corrected chi connectivity index (χ0v) is 11.0. The molecule has 0 amide bonds. The number of hydrogen-bond acceptors (Lipinski definition) is 3. The molecule has 0 radical (unpaired) electrons. The summed E-state index contributed by atoms with van der Waals surface area (Å²) < 4.78 is 5.23. The number of carbonyl (C=O) groups is 1. The lowest BCUT2D eigenvalue weighted by molar-refractivity contribution is -0.152. The van der Waals surface area contributed by atoms with Crippen LogP contribution in [-0.2, 0) is 16.0 Å². The molecule has 0 spiro atoms. The highest BCUT2D eigenvalue weighted by atomic mass is 16.6. The Labute approximate surface area is 103 Å². The van der Waals surface area contributed by atoms with Gasteiger partial charge in [0, 0.05) is 5.69 Å². The Morgan fingerprint density at radius 1 is 1.29 bits per heavy atom. The number of esters is 1. The lowest BCUT2D eigenvalue weighted by Gasteiger charge is -2.20. The number of aryl methyl sites for hydroxylation is 1. The molecule has 1 aromatic rings. The molecule has 1 rings (SSSR count). The van der Waals surface area contributed by atoms with Gasteiger partial charge in [-0.25, -0.2) is 0 Å². The third kappa shape index (κ3) is 4.89. The first-order valence-electron chi connectivity index (χ1n) is 5.96. The highest BCUT2D eigenvalue weighted by molar-refractivity contribution is 5.75. The second-order valence-corrected chi connectivity index (χ2v) is 4.95. The molecule has 94 valence electrons. The number of nitrogens with one attached hydrogen (secondary N) is 1. The lowest BCUT2D eigenvalue weighted by Crippen LogP contribution is -2.28. The van der Waals surface area contributed by atoms with Crippen molar-refractivity contribution in [1.29, 1.82) is 0 Å². The standard InChI is InChI=1S/C14H21NO2/c1-5-11-8-6-7-9-12(11)15-10-13(16)17-14(2,3)4/h6-9,15H,5,10H2,1-4H3. The largest absolute Gasteiger partial charge is 0.459 e. The zero-order chi connectivity index (χ0) is 12.9. The quantitative estimate of drug-likeness (QED) is 0.815. The van der Waals surface area contributed by atoms with Crippen molar-refractivity contribution in [2.75, 3.05) is 11.9 Å². The van der Waals surface area contributed by atoms with Gasteiger partial charge in [0.1, 0.15) is 12.1 Å². The van der Waals surface area contributed by atoms with Crippen LogP contribution in [0.15, 0.2) is 24.3 Å². The van der Waals surface area contributed by atoms with Crippen molar-refractivity contribution < 1.29 is 9.53 Å². The van der Waals surface area contributed by atoms with E-state index in [1.807, 2.05) is 39.0 Å². The molecule has 1 N–H and O–H groups in total. The van der Waals surface area contributed by atoms with Crippen LogP contribution >= 0.6 is 0 Å². The van der Waals surface area contributed by atoms with Crippen LogP contribution in [-0.4, -0.2) is 18.1 Å². The molecule has 0 unspecified atom stereocenters. The Bertz CT molecular complexity index is 380. The summed E-state index contributed by atoms with van der Waals surface area (Å²) in [5.41, 5.74) is 1.78. The maximum absolute atomic E-state index is 11.5. The van der Waals surface area contributed by atoms with Crippen LogP contribution in [0.5, 0.6) is 0 Å². The number of benzene rings is 1. The van der Waals surface area contributed by atoms with Crippen molar-refractivity contribution in [3.8, 4) is 0 Å². The topological polar surface area (TPSA) is 38.3 Å². The van der Waals surface area contributed by atoms with E-state index in [0.717, 1.165) is 12.1 Å². The number of carbonyl (C=O) groups excluding carboxylic acids is 1. The van der Waals surface area contributed by atoms with E-state index in [9.17, 15) is 4.79 Å². The van der Waals surface area contributed by atoms with E-state index in [1.54, 1.807) is 0 Å². The maximum Gasteiger partial charge on any atom is 0.325 e. The van der Waals surface area contributed by atoms with Crippen LogP contribution in [0.1, 0.15) is 33.3 Å². The van der Waals surface area contributed by atoms with Crippen LogP contribution < -0.4 is 5.32 Å². The molecule has 17 heavy (non-hydrogen) atoms. The minimum absolute atomic E-state index is 0.203. The Hall–Kier alpha value is -1.51. The monoisotopic (exact) mass is 235 g/mol. The highest BCUT2D eigenvalue weighted by Gasteiger charge is 2.15. The summed E-state index contributed by atoms with van der Waals surface area (Å²) >= 11 is 0. The first-order chi connectivity index (χ1) is 7.92. The Morgan fingerprint density at radius 2 is 1.94 bits per heavy atom. The zero-order valence-electron chi connectivity index (χ0n) is 11.0. The smallest absolute Gasteiger partial charge is 0.325 e. The highest BCUT2D eigenvalue weighted by Crippen LogP contribution is 2.15. The Morgan fingerprint density at radius 3 is 2.53 bits per heavy atom. The Kier molecular flexibility index (Phi) is 4.55. The number of anilines is 1. The normalized spacial score (nSPS) is 11.1. The van der Waals surface area contributed by atoms with Crippen molar-refractivity contribution in [2.24, 2.45) is 0 Å². The molecule has 0 heterocycles. The van der Waals surface area contributed by atoms with Crippen LogP contribution in [0.25, 0.3) is 0 Å². The summed E-state index contributed by atoms with van der Waals surface area (Å²) in [5.74, 6) is -0.233. The van der Waals surface area contributed by atoms with Gasteiger partial charge in [-0.2, -0.15) is 0 Å². The fourth-order valence-corrected chi connectivity index (χ4v) is 1.55. The molecule has 0 atom stereocenters. The molecule has 0 saturated heterocycles. The van der Waals surface area contributed by atoms with Crippen LogP contribution in [0.4, 0.5) is 5.69 Å². The van der Waals surface area contributed by atoms with Gasteiger partial charge in [-0.1, -0.05) is 25.1 Å². The molecule has 0 saturated carbocycles. The summed E-state index contributed by atoms with van der Waals surface area (Å²) in [4.78, 5) is 11.5. The van der Waals surface area contributed by atoms with Gasteiger partial charge in [0.05, 0.1) is 0 Å².